The van der Waals surface area contributed by atoms with Crippen molar-refractivity contribution >= 4 is 11.6 Å². The number of alkyl halides is 1. The van der Waals surface area contributed by atoms with E-state index in [-0.39, 0.29) is 11.7 Å². The Morgan fingerprint density at radius 1 is 1.42 bits per heavy atom. The SMILES string of the molecule is Cc1ccc(OC2CCOC3(CCC3)C2)c(CCl)c1. The van der Waals surface area contributed by atoms with E-state index in [9.17, 15) is 0 Å². The largest absolute Gasteiger partial charge is 0.490 e. The van der Waals surface area contributed by atoms with Gasteiger partial charge in [-0.2, -0.15) is 0 Å². The van der Waals surface area contributed by atoms with Crippen molar-refractivity contribution in [1.29, 1.82) is 0 Å². The van der Waals surface area contributed by atoms with Gasteiger partial charge < -0.3 is 9.47 Å². The molecule has 1 aliphatic carbocycles. The Morgan fingerprint density at radius 2 is 2.26 bits per heavy atom. The molecule has 1 saturated heterocycles. The van der Waals surface area contributed by atoms with Gasteiger partial charge in [0.25, 0.3) is 0 Å². The molecule has 0 bridgehead atoms. The second-order valence-corrected chi connectivity index (χ2v) is 6.13. The quantitative estimate of drug-likeness (QED) is 0.772. The third kappa shape index (κ3) is 2.75. The molecule has 1 aromatic rings. The van der Waals surface area contributed by atoms with Crippen LogP contribution in [-0.4, -0.2) is 18.3 Å². The van der Waals surface area contributed by atoms with Gasteiger partial charge >= 0.3 is 0 Å². The molecule has 1 atom stereocenters. The van der Waals surface area contributed by atoms with Gasteiger partial charge in [-0.15, -0.1) is 11.6 Å². The average molecular weight is 281 g/mol. The first-order valence-electron chi connectivity index (χ1n) is 7.17. The molecule has 19 heavy (non-hydrogen) atoms. The molecule has 0 aromatic heterocycles. The molecule has 0 radical (unpaired) electrons. The van der Waals surface area contributed by atoms with Gasteiger partial charge in [-0.1, -0.05) is 17.7 Å². The van der Waals surface area contributed by atoms with Gasteiger partial charge in [-0.05, 0) is 32.3 Å². The topological polar surface area (TPSA) is 18.5 Å². The summed E-state index contributed by atoms with van der Waals surface area (Å²) in [6.07, 6.45) is 5.98. The van der Waals surface area contributed by atoms with Crippen molar-refractivity contribution in [3.05, 3.63) is 29.3 Å². The highest BCUT2D eigenvalue weighted by Crippen LogP contribution is 2.43. The van der Waals surface area contributed by atoms with E-state index in [0.29, 0.717) is 5.88 Å². The van der Waals surface area contributed by atoms with Gasteiger partial charge in [-0.25, -0.2) is 0 Å². The molecular formula is C16H21ClO2. The number of benzene rings is 1. The zero-order valence-corrected chi connectivity index (χ0v) is 12.2. The number of aryl methyl sites for hydroxylation is 1. The highest BCUT2D eigenvalue weighted by atomic mass is 35.5. The fourth-order valence-electron chi connectivity index (χ4n) is 3.11. The normalized spacial score (nSPS) is 25.1. The van der Waals surface area contributed by atoms with Crippen LogP contribution in [0.25, 0.3) is 0 Å². The molecule has 1 spiro atoms. The number of halogens is 1. The number of hydrogen-bond acceptors (Lipinski definition) is 2. The fourth-order valence-corrected chi connectivity index (χ4v) is 3.32. The van der Waals surface area contributed by atoms with Crippen LogP contribution in [0.4, 0.5) is 0 Å². The van der Waals surface area contributed by atoms with E-state index in [0.717, 1.165) is 30.8 Å². The minimum Gasteiger partial charge on any atom is -0.490 e. The predicted octanol–water partition coefficient (Wildman–Crippen LogP) is 4.21. The van der Waals surface area contributed by atoms with Crippen LogP contribution in [0.3, 0.4) is 0 Å². The minimum atomic E-state index is 0.134. The fraction of sp³-hybridized carbons (Fsp3) is 0.625. The third-order valence-electron chi connectivity index (χ3n) is 4.37. The maximum Gasteiger partial charge on any atom is 0.124 e. The molecule has 0 N–H and O–H groups in total. The molecule has 104 valence electrons. The lowest BCUT2D eigenvalue weighted by Crippen LogP contribution is -2.48. The van der Waals surface area contributed by atoms with Crippen LogP contribution in [-0.2, 0) is 10.6 Å². The monoisotopic (exact) mass is 280 g/mol. The Kier molecular flexibility index (Phi) is 3.72. The second kappa shape index (κ2) is 5.34. The molecule has 1 heterocycles. The van der Waals surface area contributed by atoms with Crippen LogP contribution >= 0.6 is 11.6 Å². The van der Waals surface area contributed by atoms with Gasteiger partial charge in [0.15, 0.2) is 0 Å². The molecule has 2 fully saturated rings. The van der Waals surface area contributed by atoms with Crippen molar-refractivity contribution in [2.75, 3.05) is 6.61 Å². The summed E-state index contributed by atoms with van der Waals surface area (Å²) in [6, 6.07) is 6.25. The van der Waals surface area contributed by atoms with E-state index in [4.69, 9.17) is 21.1 Å². The standard InChI is InChI=1S/C16H21ClO2/c1-12-3-4-15(13(9-12)11-17)19-14-5-8-18-16(10-14)6-2-7-16/h3-4,9,14H,2,5-8,10-11H2,1H3. The first kappa shape index (κ1) is 13.3. The maximum absolute atomic E-state index is 6.20. The molecule has 2 nitrogen and oxygen atoms in total. The van der Waals surface area contributed by atoms with Crippen LogP contribution < -0.4 is 4.74 Å². The van der Waals surface area contributed by atoms with E-state index in [1.807, 2.05) is 0 Å². The van der Waals surface area contributed by atoms with E-state index in [2.05, 4.69) is 25.1 Å². The Bertz CT molecular complexity index is 454. The predicted molar refractivity (Wildman–Crippen MR) is 76.9 cm³/mol. The van der Waals surface area contributed by atoms with Gasteiger partial charge in [0, 0.05) is 18.4 Å². The lowest BCUT2D eigenvalue weighted by atomic mass is 9.74. The highest BCUT2D eigenvalue weighted by molar-refractivity contribution is 6.17. The highest BCUT2D eigenvalue weighted by Gasteiger charge is 2.43. The summed E-state index contributed by atoms with van der Waals surface area (Å²) in [6.45, 7) is 2.91. The molecule has 1 saturated carbocycles. The average Bonchev–Trinajstić information content (AvgIpc) is 2.39. The molecule has 3 rings (SSSR count). The number of hydrogen-bond donors (Lipinski definition) is 0. The summed E-state index contributed by atoms with van der Waals surface area (Å²) in [5.74, 6) is 1.45. The molecule has 1 unspecified atom stereocenters. The van der Waals surface area contributed by atoms with E-state index in [1.165, 1.54) is 24.8 Å². The molecule has 1 aliphatic heterocycles. The van der Waals surface area contributed by atoms with Crippen molar-refractivity contribution in [2.45, 2.75) is 56.6 Å². The van der Waals surface area contributed by atoms with Gasteiger partial charge in [0.2, 0.25) is 0 Å². The van der Waals surface area contributed by atoms with Crippen molar-refractivity contribution in [3.8, 4) is 5.75 Å². The van der Waals surface area contributed by atoms with Gasteiger partial charge in [0.05, 0.1) is 18.1 Å². The van der Waals surface area contributed by atoms with Crippen LogP contribution in [0.1, 0.15) is 43.2 Å². The first-order chi connectivity index (χ1) is 9.21. The summed E-state index contributed by atoms with van der Waals surface area (Å²) >= 11 is 6.01. The molecule has 0 amide bonds. The van der Waals surface area contributed by atoms with E-state index < -0.39 is 0 Å². The maximum atomic E-state index is 6.20. The lowest BCUT2D eigenvalue weighted by molar-refractivity contribution is -0.153. The lowest BCUT2D eigenvalue weighted by Gasteiger charge is -2.47. The zero-order chi connectivity index (χ0) is 13.3. The molecule has 3 heteroatoms. The second-order valence-electron chi connectivity index (χ2n) is 5.86. The molecular weight excluding hydrogens is 260 g/mol. The summed E-state index contributed by atoms with van der Waals surface area (Å²) in [5, 5.41) is 0. The van der Waals surface area contributed by atoms with Crippen molar-refractivity contribution in [2.24, 2.45) is 0 Å². The van der Waals surface area contributed by atoms with Crippen molar-refractivity contribution in [3.63, 3.8) is 0 Å². The summed E-state index contributed by atoms with van der Waals surface area (Å²) in [5.41, 5.74) is 2.45. The first-order valence-corrected chi connectivity index (χ1v) is 7.70. The summed E-state index contributed by atoms with van der Waals surface area (Å²) < 4.78 is 12.1. The Labute approximate surface area is 120 Å². The van der Waals surface area contributed by atoms with Crippen molar-refractivity contribution in [1.82, 2.24) is 0 Å². The minimum absolute atomic E-state index is 0.134. The van der Waals surface area contributed by atoms with Crippen LogP contribution in [0, 0.1) is 6.92 Å². The Hall–Kier alpha value is -0.730. The Balaban J connectivity index is 1.70. The third-order valence-corrected chi connectivity index (χ3v) is 4.65. The van der Waals surface area contributed by atoms with Gasteiger partial charge in [-0.3, -0.25) is 0 Å². The van der Waals surface area contributed by atoms with Crippen LogP contribution in [0.2, 0.25) is 0 Å². The number of ether oxygens (including phenoxy) is 2. The molecule has 2 aliphatic rings. The van der Waals surface area contributed by atoms with Crippen LogP contribution in [0.15, 0.2) is 18.2 Å². The molecule has 1 aromatic carbocycles. The Morgan fingerprint density at radius 3 is 2.95 bits per heavy atom. The van der Waals surface area contributed by atoms with E-state index in [1.54, 1.807) is 0 Å². The van der Waals surface area contributed by atoms with Crippen molar-refractivity contribution < 1.29 is 9.47 Å². The van der Waals surface area contributed by atoms with Gasteiger partial charge in [0.1, 0.15) is 11.9 Å². The zero-order valence-electron chi connectivity index (χ0n) is 11.5. The van der Waals surface area contributed by atoms with Crippen LogP contribution in [0.5, 0.6) is 5.75 Å². The number of rotatable bonds is 3. The van der Waals surface area contributed by atoms with E-state index >= 15 is 0 Å². The summed E-state index contributed by atoms with van der Waals surface area (Å²) in [7, 11) is 0. The summed E-state index contributed by atoms with van der Waals surface area (Å²) in [4.78, 5) is 0. The smallest absolute Gasteiger partial charge is 0.124 e.